The van der Waals surface area contributed by atoms with Crippen LogP contribution in [0.4, 0.5) is 17.1 Å². The van der Waals surface area contributed by atoms with E-state index in [1.54, 1.807) is 0 Å². The molecule has 7 nitrogen and oxygen atoms in total. The Bertz CT molecular complexity index is 843. The molecule has 1 radical (unpaired) electrons. The molecule has 7 heteroatoms. The molecular formula is C16H12N3O4. The summed E-state index contributed by atoms with van der Waals surface area (Å²) >= 11 is 0. The smallest absolute Gasteiger partial charge is 0.273 e. The van der Waals surface area contributed by atoms with E-state index in [2.05, 4.69) is 10.2 Å². The van der Waals surface area contributed by atoms with E-state index < -0.39 is 4.92 Å². The number of aromatic hydroxyl groups is 2. The summed E-state index contributed by atoms with van der Waals surface area (Å²) in [7, 11) is 0. The van der Waals surface area contributed by atoms with Gasteiger partial charge in [0, 0.05) is 12.5 Å². The van der Waals surface area contributed by atoms with Gasteiger partial charge < -0.3 is 10.2 Å². The molecule has 0 aromatic heterocycles. The number of nitro groups is 1. The van der Waals surface area contributed by atoms with Gasteiger partial charge in [-0.15, -0.1) is 10.2 Å². The van der Waals surface area contributed by atoms with E-state index in [-0.39, 0.29) is 22.9 Å². The lowest BCUT2D eigenvalue weighted by atomic mass is 9.95. The Labute approximate surface area is 131 Å². The lowest BCUT2D eigenvalue weighted by Gasteiger charge is -2.13. The third kappa shape index (κ3) is 2.89. The van der Waals surface area contributed by atoms with Gasteiger partial charge >= 0.3 is 0 Å². The standard InChI is InChI=1S/C16H12N3O4/c20-14-8-5-10-3-1-2-4-12(10)16(14)18-17-13-7-6-11(19(22)23)9-15(13)21/h1-2,4-9,20-21H,3H2. The second-order valence-corrected chi connectivity index (χ2v) is 4.94. The summed E-state index contributed by atoms with van der Waals surface area (Å²) < 4.78 is 0. The maximum absolute atomic E-state index is 10.6. The van der Waals surface area contributed by atoms with Crippen molar-refractivity contribution < 1.29 is 15.1 Å². The van der Waals surface area contributed by atoms with Crippen molar-refractivity contribution in [1.82, 2.24) is 0 Å². The molecule has 1 aliphatic carbocycles. The number of rotatable bonds is 3. The fourth-order valence-corrected chi connectivity index (χ4v) is 2.28. The molecule has 23 heavy (non-hydrogen) atoms. The van der Waals surface area contributed by atoms with Crippen molar-refractivity contribution in [1.29, 1.82) is 0 Å². The summed E-state index contributed by atoms with van der Waals surface area (Å²) in [6.07, 6.45) is 6.41. The Kier molecular flexibility index (Phi) is 3.76. The summed E-state index contributed by atoms with van der Waals surface area (Å²) in [5.74, 6) is -0.378. The van der Waals surface area contributed by atoms with Gasteiger partial charge in [-0.1, -0.05) is 18.2 Å². The third-order valence-corrected chi connectivity index (χ3v) is 3.45. The maximum Gasteiger partial charge on any atom is 0.273 e. The third-order valence-electron chi connectivity index (χ3n) is 3.45. The van der Waals surface area contributed by atoms with E-state index in [1.165, 1.54) is 18.2 Å². The Morgan fingerprint density at radius 3 is 2.65 bits per heavy atom. The zero-order chi connectivity index (χ0) is 16.4. The lowest BCUT2D eigenvalue weighted by molar-refractivity contribution is -0.384. The van der Waals surface area contributed by atoms with Gasteiger partial charge in [-0.25, -0.2) is 0 Å². The van der Waals surface area contributed by atoms with Gasteiger partial charge in [-0.05, 0) is 29.7 Å². The van der Waals surface area contributed by atoms with E-state index in [4.69, 9.17) is 0 Å². The number of nitrogens with zero attached hydrogens (tertiary/aromatic N) is 3. The van der Waals surface area contributed by atoms with Crippen LogP contribution in [-0.4, -0.2) is 15.1 Å². The van der Waals surface area contributed by atoms with Crippen LogP contribution in [0.3, 0.4) is 0 Å². The molecule has 2 aromatic rings. The van der Waals surface area contributed by atoms with Crippen LogP contribution < -0.4 is 0 Å². The molecule has 0 bridgehead atoms. The normalized spacial score (nSPS) is 13.2. The molecule has 1 aliphatic rings. The zero-order valence-corrected chi connectivity index (χ0v) is 11.9. The van der Waals surface area contributed by atoms with Crippen molar-refractivity contribution in [2.75, 3.05) is 0 Å². The number of hydrogen-bond acceptors (Lipinski definition) is 6. The highest BCUT2D eigenvalue weighted by molar-refractivity contribution is 5.65. The van der Waals surface area contributed by atoms with Crippen LogP contribution in [0.2, 0.25) is 0 Å². The van der Waals surface area contributed by atoms with Crippen LogP contribution in [0.1, 0.15) is 11.1 Å². The van der Waals surface area contributed by atoms with Gasteiger partial charge in [-0.2, -0.15) is 0 Å². The minimum atomic E-state index is -0.610. The van der Waals surface area contributed by atoms with Gasteiger partial charge in [-0.3, -0.25) is 10.1 Å². The molecule has 0 fully saturated rings. The Morgan fingerprint density at radius 2 is 1.91 bits per heavy atom. The van der Waals surface area contributed by atoms with Gasteiger partial charge in [0.15, 0.2) is 0 Å². The number of phenolic OH excluding ortho intramolecular Hbond substituents is 2. The van der Waals surface area contributed by atoms with Crippen molar-refractivity contribution >= 4 is 17.1 Å². The number of benzene rings is 2. The topological polar surface area (TPSA) is 108 Å². The van der Waals surface area contributed by atoms with Crippen LogP contribution in [0.5, 0.6) is 11.5 Å². The van der Waals surface area contributed by atoms with E-state index in [9.17, 15) is 20.3 Å². The maximum atomic E-state index is 10.6. The number of non-ortho nitro benzene ring substituents is 1. The quantitative estimate of drug-likeness (QED) is 0.505. The fraction of sp³-hybridized carbons (Fsp3) is 0.0625. The molecule has 0 spiro atoms. The van der Waals surface area contributed by atoms with Crippen LogP contribution >= 0.6 is 0 Å². The van der Waals surface area contributed by atoms with Gasteiger partial charge in [0.2, 0.25) is 0 Å². The molecule has 0 amide bonds. The highest BCUT2D eigenvalue weighted by Gasteiger charge is 2.15. The summed E-state index contributed by atoms with van der Waals surface area (Å²) in [6, 6.07) is 6.88. The second kappa shape index (κ2) is 5.88. The fourth-order valence-electron chi connectivity index (χ4n) is 2.28. The van der Waals surface area contributed by atoms with Crippen LogP contribution in [0, 0.1) is 16.5 Å². The molecule has 3 rings (SSSR count). The predicted molar refractivity (Wildman–Crippen MR) is 83.3 cm³/mol. The first-order chi connectivity index (χ1) is 11.1. The number of hydrogen-bond donors (Lipinski definition) is 2. The largest absolute Gasteiger partial charge is 0.506 e. The molecule has 0 saturated heterocycles. The van der Waals surface area contributed by atoms with E-state index in [1.807, 2.05) is 24.6 Å². The molecule has 0 saturated carbocycles. The van der Waals surface area contributed by atoms with E-state index in [0.717, 1.165) is 23.6 Å². The lowest BCUT2D eigenvalue weighted by Crippen LogP contribution is -1.95. The van der Waals surface area contributed by atoms with Crippen LogP contribution in [0.25, 0.3) is 0 Å². The molecule has 0 heterocycles. The molecule has 0 aliphatic heterocycles. The first kappa shape index (κ1) is 14.7. The van der Waals surface area contributed by atoms with Crippen molar-refractivity contribution in [2.45, 2.75) is 6.42 Å². The molecule has 0 unspecified atom stereocenters. The van der Waals surface area contributed by atoms with E-state index in [0.29, 0.717) is 5.69 Å². The molecule has 2 aromatic carbocycles. The SMILES string of the molecule is O=[N+]([O-])c1ccc(N=Nc2c(O)ccc3c2[CH]C=CC3)c(O)c1. The van der Waals surface area contributed by atoms with Gasteiger partial charge in [0.05, 0.1) is 11.0 Å². The number of fused-ring (bicyclic) bond motifs is 1. The second-order valence-electron chi connectivity index (χ2n) is 4.94. The summed E-state index contributed by atoms with van der Waals surface area (Å²) in [4.78, 5) is 10.0. The van der Waals surface area contributed by atoms with Crippen LogP contribution in [0.15, 0.2) is 52.7 Å². The molecular weight excluding hydrogens is 298 g/mol. The minimum absolute atomic E-state index is 0.0274. The predicted octanol–water partition coefficient (Wildman–Crippen LogP) is 4.09. The zero-order valence-electron chi connectivity index (χ0n) is 11.9. The Hall–Kier alpha value is -3.22. The molecule has 2 N–H and O–H groups in total. The monoisotopic (exact) mass is 310 g/mol. The average molecular weight is 310 g/mol. The Morgan fingerprint density at radius 1 is 1.09 bits per heavy atom. The summed E-state index contributed by atoms with van der Waals surface area (Å²) in [6.45, 7) is 0. The Balaban J connectivity index is 1.97. The van der Waals surface area contributed by atoms with Crippen molar-refractivity contribution in [3.05, 3.63) is 70.1 Å². The molecule has 115 valence electrons. The highest BCUT2D eigenvalue weighted by atomic mass is 16.6. The first-order valence-corrected chi connectivity index (χ1v) is 6.80. The van der Waals surface area contributed by atoms with Crippen molar-refractivity contribution in [2.24, 2.45) is 10.2 Å². The van der Waals surface area contributed by atoms with Gasteiger partial charge in [0.25, 0.3) is 5.69 Å². The van der Waals surface area contributed by atoms with Gasteiger partial charge in [0.1, 0.15) is 22.9 Å². The number of nitro benzene ring substituents is 1. The first-order valence-electron chi connectivity index (χ1n) is 6.80. The van der Waals surface area contributed by atoms with E-state index >= 15 is 0 Å². The number of allylic oxidation sites excluding steroid dienone is 2. The highest BCUT2D eigenvalue weighted by Crippen LogP contribution is 2.38. The van der Waals surface area contributed by atoms with Crippen molar-refractivity contribution in [3.8, 4) is 11.5 Å². The minimum Gasteiger partial charge on any atom is -0.506 e. The number of phenols is 2. The summed E-state index contributed by atoms with van der Waals surface area (Å²) in [5.41, 5.74) is 1.91. The number of azo groups is 1. The average Bonchev–Trinajstić information content (AvgIpc) is 2.55. The van der Waals surface area contributed by atoms with Crippen molar-refractivity contribution in [3.63, 3.8) is 0 Å². The molecule has 0 atom stereocenters. The summed E-state index contributed by atoms with van der Waals surface area (Å²) in [5, 5.41) is 38.3. The van der Waals surface area contributed by atoms with Crippen LogP contribution in [-0.2, 0) is 6.42 Å².